The number of ether oxygens (including phenoxy) is 1. The Morgan fingerprint density at radius 3 is 2.70 bits per heavy atom. The number of aryl methyl sites for hydroxylation is 2. The first-order valence-corrected chi connectivity index (χ1v) is 11.1. The van der Waals surface area contributed by atoms with E-state index in [-0.39, 0.29) is 24.1 Å². The van der Waals surface area contributed by atoms with E-state index in [0.717, 1.165) is 22.2 Å². The van der Waals surface area contributed by atoms with E-state index in [1.54, 1.807) is 6.07 Å². The molecule has 0 aliphatic carbocycles. The van der Waals surface area contributed by atoms with Crippen LogP contribution in [0.15, 0.2) is 24.3 Å². The second-order valence-corrected chi connectivity index (χ2v) is 7.93. The van der Waals surface area contributed by atoms with Crippen molar-refractivity contribution < 1.29 is 14.3 Å². The molecule has 1 aliphatic rings. The highest BCUT2D eigenvalue weighted by Gasteiger charge is 2.19. The number of carbonyl (C=O) groups excluding carboxylic acids is 2. The Balaban J connectivity index is 1.58. The first-order chi connectivity index (χ1) is 15.9. The topological polar surface area (TPSA) is 124 Å². The zero-order valence-corrected chi connectivity index (χ0v) is 19.1. The molecule has 3 aromatic rings. The van der Waals surface area contributed by atoms with Gasteiger partial charge in [0.25, 0.3) is 5.91 Å². The Hall–Kier alpha value is -3.66. The number of H-pyrrole nitrogens is 1. The van der Waals surface area contributed by atoms with Crippen molar-refractivity contribution in [2.45, 2.75) is 20.8 Å². The summed E-state index contributed by atoms with van der Waals surface area (Å²) in [5, 5.41) is 9.73. The Kier molecular flexibility index (Phi) is 6.74. The fraction of sp³-hybridized carbons (Fsp3) is 0.391. The van der Waals surface area contributed by atoms with Gasteiger partial charge in [-0.1, -0.05) is 0 Å². The van der Waals surface area contributed by atoms with E-state index < -0.39 is 0 Å². The second-order valence-electron chi connectivity index (χ2n) is 7.93. The van der Waals surface area contributed by atoms with E-state index >= 15 is 0 Å². The number of aromatic amines is 1. The fourth-order valence-corrected chi connectivity index (χ4v) is 3.71. The van der Waals surface area contributed by atoms with Gasteiger partial charge >= 0.3 is 0 Å². The molecule has 2 aromatic heterocycles. The molecular formula is C23H29N7O3. The number of benzene rings is 1. The van der Waals surface area contributed by atoms with E-state index in [9.17, 15) is 9.59 Å². The van der Waals surface area contributed by atoms with Crippen molar-refractivity contribution in [3.8, 4) is 0 Å². The number of carbonyl (C=O) groups is 2. The lowest BCUT2D eigenvalue weighted by atomic mass is 10.1. The van der Waals surface area contributed by atoms with Crippen LogP contribution in [0.1, 0.15) is 28.7 Å². The van der Waals surface area contributed by atoms with Crippen molar-refractivity contribution >= 4 is 40.2 Å². The smallest absolute Gasteiger partial charge is 0.274 e. The van der Waals surface area contributed by atoms with Crippen LogP contribution in [0.4, 0.5) is 17.5 Å². The quantitative estimate of drug-likeness (QED) is 0.434. The third-order valence-corrected chi connectivity index (χ3v) is 5.61. The third kappa shape index (κ3) is 5.23. The highest BCUT2D eigenvalue weighted by molar-refractivity contribution is 6.04. The molecule has 4 rings (SSSR count). The summed E-state index contributed by atoms with van der Waals surface area (Å²) in [6, 6.07) is 7.31. The average Bonchev–Trinajstić information content (AvgIpc) is 3.11. The Labute approximate surface area is 192 Å². The number of rotatable bonds is 7. The fourth-order valence-electron chi connectivity index (χ4n) is 3.71. The van der Waals surface area contributed by atoms with Gasteiger partial charge in [-0.2, -0.15) is 4.98 Å². The molecule has 2 amide bonds. The molecule has 174 valence electrons. The maximum Gasteiger partial charge on any atom is 0.274 e. The SMILES string of the molecule is CCNC(=O)CNc1cc(C(=O)Nc2ccc3[nH]c(C)c(C)c3c2)nc(N2CCOCC2)n1. The minimum absolute atomic E-state index is 0.0528. The van der Waals surface area contributed by atoms with Crippen LogP contribution in [-0.4, -0.2) is 66.2 Å². The summed E-state index contributed by atoms with van der Waals surface area (Å²) in [5.41, 5.74) is 4.17. The minimum Gasteiger partial charge on any atom is -0.378 e. The molecule has 0 radical (unpaired) electrons. The van der Waals surface area contributed by atoms with Crippen LogP contribution in [0.2, 0.25) is 0 Å². The zero-order valence-electron chi connectivity index (χ0n) is 19.1. The summed E-state index contributed by atoms with van der Waals surface area (Å²) >= 11 is 0. The first-order valence-electron chi connectivity index (χ1n) is 11.1. The second kappa shape index (κ2) is 9.86. The number of morpholine rings is 1. The van der Waals surface area contributed by atoms with E-state index in [1.807, 2.05) is 43.9 Å². The van der Waals surface area contributed by atoms with Crippen molar-refractivity contribution in [1.82, 2.24) is 20.3 Å². The number of nitrogens with one attached hydrogen (secondary N) is 4. The van der Waals surface area contributed by atoms with Crippen LogP contribution in [0.3, 0.4) is 0 Å². The summed E-state index contributed by atoms with van der Waals surface area (Å²) in [6.07, 6.45) is 0. The summed E-state index contributed by atoms with van der Waals surface area (Å²) in [5.74, 6) is 0.338. The predicted octanol–water partition coefficient (Wildman–Crippen LogP) is 2.21. The van der Waals surface area contributed by atoms with E-state index in [4.69, 9.17) is 4.74 Å². The lowest BCUT2D eigenvalue weighted by Gasteiger charge is -2.27. The van der Waals surface area contributed by atoms with Crippen molar-refractivity contribution in [1.29, 1.82) is 0 Å². The van der Waals surface area contributed by atoms with Crippen LogP contribution in [0, 0.1) is 13.8 Å². The first kappa shape index (κ1) is 22.5. The standard InChI is InChI=1S/C23H29N7O3/c1-4-24-21(31)13-25-20-12-19(28-23(29-20)30-7-9-33-10-8-30)22(32)27-16-5-6-18-17(11-16)14(2)15(3)26-18/h5-6,11-12,26H,4,7-10,13H2,1-3H3,(H,24,31)(H,27,32)(H,25,28,29). The summed E-state index contributed by atoms with van der Waals surface area (Å²) < 4.78 is 5.41. The average molecular weight is 452 g/mol. The molecule has 1 fully saturated rings. The van der Waals surface area contributed by atoms with Gasteiger partial charge in [-0.25, -0.2) is 4.98 Å². The highest BCUT2D eigenvalue weighted by atomic mass is 16.5. The Bertz CT molecular complexity index is 1170. The molecule has 0 spiro atoms. The van der Waals surface area contributed by atoms with Crippen LogP contribution in [0.25, 0.3) is 10.9 Å². The molecular weight excluding hydrogens is 422 g/mol. The molecule has 10 nitrogen and oxygen atoms in total. The van der Waals surface area contributed by atoms with Gasteiger partial charge in [-0.15, -0.1) is 0 Å². The molecule has 10 heteroatoms. The number of amides is 2. The number of fused-ring (bicyclic) bond motifs is 1. The van der Waals surface area contributed by atoms with Gasteiger partial charge in [-0.3, -0.25) is 9.59 Å². The highest BCUT2D eigenvalue weighted by Crippen LogP contribution is 2.25. The summed E-state index contributed by atoms with van der Waals surface area (Å²) in [7, 11) is 0. The molecule has 0 atom stereocenters. The lowest BCUT2D eigenvalue weighted by molar-refractivity contribution is -0.119. The van der Waals surface area contributed by atoms with Crippen molar-refractivity contribution in [3.63, 3.8) is 0 Å². The maximum atomic E-state index is 13.1. The van der Waals surface area contributed by atoms with Gasteiger partial charge in [0.2, 0.25) is 11.9 Å². The van der Waals surface area contributed by atoms with Gasteiger partial charge in [-0.05, 0) is 44.5 Å². The zero-order chi connectivity index (χ0) is 23.4. The molecule has 0 unspecified atom stereocenters. The van der Waals surface area contributed by atoms with Gasteiger partial charge in [0.05, 0.1) is 19.8 Å². The Morgan fingerprint density at radius 1 is 1.15 bits per heavy atom. The van der Waals surface area contributed by atoms with E-state index in [0.29, 0.717) is 50.3 Å². The van der Waals surface area contributed by atoms with Crippen molar-refractivity contribution in [2.24, 2.45) is 0 Å². The molecule has 1 saturated heterocycles. The Morgan fingerprint density at radius 2 is 1.94 bits per heavy atom. The molecule has 1 aliphatic heterocycles. The van der Waals surface area contributed by atoms with E-state index in [2.05, 4.69) is 30.9 Å². The summed E-state index contributed by atoms with van der Waals surface area (Å²) in [6.45, 7) is 8.91. The van der Waals surface area contributed by atoms with Crippen LogP contribution in [-0.2, 0) is 9.53 Å². The van der Waals surface area contributed by atoms with Crippen molar-refractivity contribution in [3.05, 3.63) is 41.2 Å². The van der Waals surface area contributed by atoms with Crippen LogP contribution < -0.4 is 20.9 Å². The summed E-state index contributed by atoms with van der Waals surface area (Å²) in [4.78, 5) is 39.3. The number of nitrogens with zero attached hydrogens (tertiary/aromatic N) is 3. The maximum absolute atomic E-state index is 13.1. The minimum atomic E-state index is -0.350. The lowest BCUT2D eigenvalue weighted by Crippen LogP contribution is -2.38. The number of likely N-dealkylation sites (N-methyl/N-ethyl adjacent to an activating group) is 1. The third-order valence-electron chi connectivity index (χ3n) is 5.61. The molecule has 4 N–H and O–H groups in total. The van der Waals surface area contributed by atoms with Gasteiger partial charge in [0.1, 0.15) is 11.5 Å². The van der Waals surface area contributed by atoms with Crippen LogP contribution in [0.5, 0.6) is 0 Å². The molecule has 1 aromatic carbocycles. The molecule has 33 heavy (non-hydrogen) atoms. The van der Waals surface area contributed by atoms with Gasteiger partial charge in [0.15, 0.2) is 0 Å². The number of anilines is 3. The number of hydrogen-bond acceptors (Lipinski definition) is 7. The largest absolute Gasteiger partial charge is 0.378 e. The normalized spacial score (nSPS) is 13.7. The molecule has 0 saturated carbocycles. The molecule has 0 bridgehead atoms. The van der Waals surface area contributed by atoms with E-state index in [1.165, 1.54) is 0 Å². The monoisotopic (exact) mass is 451 g/mol. The number of hydrogen-bond donors (Lipinski definition) is 4. The number of aromatic nitrogens is 3. The molecule has 3 heterocycles. The van der Waals surface area contributed by atoms with Gasteiger partial charge in [0, 0.05) is 48.0 Å². The predicted molar refractivity (Wildman–Crippen MR) is 128 cm³/mol. The van der Waals surface area contributed by atoms with Gasteiger partial charge < -0.3 is 30.6 Å². The van der Waals surface area contributed by atoms with Crippen LogP contribution >= 0.6 is 0 Å². The van der Waals surface area contributed by atoms with Crippen molar-refractivity contribution in [2.75, 3.05) is 54.9 Å².